The number of carbonyl (C=O) groups is 1. The third-order valence-corrected chi connectivity index (χ3v) is 4.55. The Hall–Kier alpha value is -2.40. The zero-order chi connectivity index (χ0) is 17.1. The second-order valence-electron chi connectivity index (χ2n) is 6.15. The zero-order valence-electron chi connectivity index (χ0n) is 13.5. The normalized spacial score (nSPS) is 19.6. The molecule has 0 aliphatic heterocycles. The van der Waals surface area contributed by atoms with Crippen LogP contribution in [0.4, 0.5) is 4.39 Å². The van der Waals surface area contributed by atoms with Gasteiger partial charge in [-0.3, -0.25) is 0 Å². The molecule has 0 spiro atoms. The molecular formula is C19H20FNO3. The molecule has 2 aromatic rings. The molecule has 0 radical (unpaired) electrons. The molecule has 0 aromatic heterocycles. The summed E-state index contributed by atoms with van der Waals surface area (Å²) in [7, 11) is 1.46. The summed E-state index contributed by atoms with van der Waals surface area (Å²) in [6.45, 7) is 0.634. The maximum Gasteiger partial charge on any atom is 0.335 e. The highest BCUT2D eigenvalue weighted by Gasteiger charge is 2.30. The molecule has 5 heteroatoms. The number of hydrogen-bond donors (Lipinski definition) is 2. The van der Waals surface area contributed by atoms with Crippen molar-refractivity contribution in [1.82, 2.24) is 5.32 Å². The summed E-state index contributed by atoms with van der Waals surface area (Å²) in [4.78, 5) is 11.0. The van der Waals surface area contributed by atoms with E-state index in [-0.39, 0.29) is 11.6 Å². The fourth-order valence-corrected chi connectivity index (χ4v) is 3.07. The predicted octanol–water partition coefficient (Wildman–Crippen LogP) is 3.57. The van der Waals surface area contributed by atoms with Gasteiger partial charge in [0.15, 0.2) is 11.6 Å². The fourth-order valence-electron chi connectivity index (χ4n) is 3.07. The molecule has 24 heavy (non-hydrogen) atoms. The average Bonchev–Trinajstić information content (AvgIpc) is 2.54. The molecule has 3 rings (SSSR count). The second-order valence-corrected chi connectivity index (χ2v) is 6.15. The number of carboxylic acids is 1. The van der Waals surface area contributed by atoms with Crippen LogP contribution in [0.5, 0.6) is 5.75 Å². The highest BCUT2D eigenvalue weighted by molar-refractivity contribution is 5.87. The summed E-state index contributed by atoms with van der Waals surface area (Å²) in [5.41, 5.74) is 2.25. The fraction of sp³-hybridized carbons (Fsp3) is 0.316. The average molecular weight is 329 g/mol. The summed E-state index contributed by atoms with van der Waals surface area (Å²) in [5, 5.41) is 12.4. The quantitative estimate of drug-likeness (QED) is 0.851. The van der Waals surface area contributed by atoms with Crippen molar-refractivity contribution >= 4 is 5.97 Å². The molecule has 2 aromatic carbocycles. The maximum absolute atomic E-state index is 13.8. The van der Waals surface area contributed by atoms with E-state index < -0.39 is 5.97 Å². The minimum Gasteiger partial charge on any atom is -0.494 e. The summed E-state index contributed by atoms with van der Waals surface area (Å²) in [5.74, 6) is -0.613. The number of aromatic carboxylic acids is 1. The van der Waals surface area contributed by atoms with Gasteiger partial charge in [-0.2, -0.15) is 0 Å². The number of methoxy groups -OCH3 is 1. The Morgan fingerprint density at radius 2 is 2.08 bits per heavy atom. The van der Waals surface area contributed by atoms with Gasteiger partial charge in [0.05, 0.1) is 12.7 Å². The molecule has 2 N–H and O–H groups in total. The minimum atomic E-state index is -0.915. The number of hydrogen-bond acceptors (Lipinski definition) is 3. The summed E-state index contributed by atoms with van der Waals surface area (Å²) >= 11 is 0. The van der Waals surface area contributed by atoms with Gasteiger partial charge in [-0.25, -0.2) is 9.18 Å². The van der Waals surface area contributed by atoms with E-state index in [1.165, 1.54) is 7.11 Å². The van der Waals surface area contributed by atoms with E-state index in [1.54, 1.807) is 30.3 Å². The van der Waals surface area contributed by atoms with Gasteiger partial charge in [-0.1, -0.05) is 18.2 Å². The first-order chi connectivity index (χ1) is 11.6. The van der Waals surface area contributed by atoms with Crippen molar-refractivity contribution in [2.75, 3.05) is 7.11 Å². The van der Waals surface area contributed by atoms with Crippen molar-refractivity contribution < 1.29 is 19.0 Å². The SMILES string of the molecule is COc1ccc(C2CC(NCc3cccc(C(=O)O)c3)C2)cc1F. The molecule has 0 atom stereocenters. The van der Waals surface area contributed by atoms with Crippen LogP contribution in [0.15, 0.2) is 42.5 Å². The maximum atomic E-state index is 13.8. The molecule has 1 aliphatic rings. The van der Waals surface area contributed by atoms with Gasteiger partial charge < -0.3 is 15.2 Å². The largest absolute Gasteiger partial charge is 0.494 e. The lowest BCUT2D eigenvalue weighted by Gasteiger charge is -2.36. The zero-order valence-corrected chi connectivity index (χ0v) is 13.5. The van der Waals surface area contributed by atoms with Crippen LogP contribution in [0.1, 0.15) is 40.2 Å². The monoisotopic (exact) mass is 329 g/mol. The van der Waals surface area contributed by atoms with Gasteiger partial charge >= 0.3 is 5.97 Å². The Balaban J connectivity index is 1.51. The van der Waals surface area contributed by atoms with Gasteiger partial charge in [0.2, 0.25) is 0 Å². The number of ether oxygens (including phenoxy) is 1. The lowest BCUT2D eigenvalue weighted by atomic mass is 9.76. The first-order valence-electron chi connectivity index (χ1n) is 7.96. The summed E-state index contributed by atoms with van der Waals surface area (Å²) in [6.07, 6.45) is 1.90. The van der Waals surface area contributed by atoms with E-state index in [1.807, 2.05) is 12.1 Å². The van der Waals surface area contributed by atoms with Crippen LogP contribution in [0.3, 0.4) is 0 Å². The Morgan fingerprint density at radius 3 is 2.75 bits per heavy atom. The van der Waals surface area contributed by atoms with Crippen LogP contribution >= 0.6 is 0 Å². The molecule has 4 nitrogen and oxygen atoms in total. The number of rotatable bonds is 6. The van der Waals surface area contributed by atoms with Crippen molar-refractivity contribution in [3.8, 4) is 5.75 Å². The minimum absolute atomic E-state index is 0.270. The van der Waals surface area contributed by atoms with E-state index in [0.29, 0.717) is 24.1 Å². The van der Waals surface area contributed by atoms with Crippen LogP contribution in [-0.4, -0.2) is 24.2 Å². The van der Waals surface area contributed by atoms with Crippen LogP contribution in [-0.2, 0) is 6.54 Å². The standard InChI is InChI=1S/C19H20FNO3/c1-24-18-6-5-13(10-17(18)20)15-8-16(9-15)21-11-12-3-2-4-14(7-12)19(22)23/h2-7,10,15-16,21H,8-9,11H2,1H3,(H,22,23). The third kappa shape index (κ3) is 3.57. The highest BCUT2D eigenvalue weighted by Crippen LogP contribution is 2.38. The van der Waals surface area contributed by atoms with Crippen molar-refractivity contribution in [3.63, 3.8) is 0 Å². The Labute approximate surface area is 140 Å². The Morgan fingerprint density at radius 1 is 1.29 bits per heavy atom. The van der Waals surface area contributed by atoms with Crippen LogP contribution in [0.2, 0.25) is 0 Å². The van der Waals surface area contributed by atoms with Crippen molar-refractivity contribution in [2.45, 2.75) is 31.3 Å². The smallest absolute Gasteiger partial charge is 0.335 e. The molecule has 1 fully saturated rings. The van der Waals surface area contributed by atoms with Gasteiger partial charge in [0, 0.05) is 12.6 Å². The molecule has 0 unspecified atom stereocenters. The number of nitrogens with one attached hydrogen (secondary N) is 1. The van der Waals surface area contributed by atoms with Crippen LogP contribution in [0, 0.1) is 5.82 Å². The van der Waals surface area contributed by atoms with E-state index in [0.717, 1.165) is 24.0 Å². The van der Waals surface area contributed by atoms with Crippen molar-refractivity contribution in [3.05, 3.63) is 65.0 Å². The van der Waals surface area contributed by atoms with Gasteiger partial charge in [0.25, 0.3) is 0 Å². The summed E-state index contributed by atoms with van der Waals surface area (Å²) < 4.78 is 18.7. The van der Waals surface area contributed by atoms with Gasteiger partial charge in [0.1, 0.15) is 0 Å². The van der Waals surface area contributed by atoms with Gasteiger partial charge in [-0.15, -0.1) is 0 Å². The molecule has 0 heterocycles. The molecular weight excluding hydrogens is 309 g/mol. The van der Waals surface area contributed by atoms with Crippen molar-refractivity contribution in [1.29, 1.82) is 0 Å². The highest BCUT2D eigenvalue weighted by atomic mass is 19.1. The summed E-state index contributed by atoms with van der Waals surface area (Å²) in [6, 6.07) is 12.4. The van der Waals surface area contributed by atoms with Crippen LogP contribution in [0.25, 0.3) is 0 Å². The Kier molecular flexibility index (Phi) is 4.81. The predicted molar refractivity (Wildman–Crippen MR) is 89.0 cm³/mol. The topological polar surface area (TPSA) is 58.6 Å². The van der Waals surface area contributed by atoms with E-state index in [9.17, 15) is 9.18 Å². The first kappa shape index (κ1) is 16.5. The van der Waals surface area contributed by atoms with Crippen molar-refractivity contribution in [2.24, 2.45) is 0 Å². The lowest BCUT2D eigenvalue weighted by Crippen LogP contribution is -2.39. The number of benzene rings is 2. The van der Waals surface area contributed by atoms with Gasteiger partial charge in [-0.05, 0) is 54.2 Å². The first-order valence-corrected chi connectivity index (χ1v) is 7.96. The molecule has 1 aliphatic carbocycles. The van der Waals surface area contributed by atoms with E-state index in [4.69, 9.17) is 9.84 Å². The molecule has 0 bridgehead atoms. The third-order valence-electron chi connectivity index (χ3n) is 4.55. The lowest BCUT2D eigenvalue weighted by molar-refractivity contribution is 0.0696. The van der Waals surface area contributed by atoms with Crippen LogP contribution < -0.4 is 10.1 Å². The van der Waals surface area contributed by atoms with E-state index >= 15 is 0 Å². The molecule has 0 amide bonds. The second kappa shape index (κ2) is 7.01. The van der Waals surface area contributed by atoms with E-state index in [2.05, 4.69) is 5.32 Å². The number of carboxylic acid groups (broad SMARTS) is 1. The molecule has 0 saturated heterocycles. The number of halogens is 1. The molecule has 126 valence electrons. The molecule has 1 saturated carbocycles. The Bertz CT molecular complexity index is 741.